The third-order valence-electron chi connectivity index (χ3n) is 5.26. The van der Waals surface area contributed by atoms with Crippen LogP contribution in [-0.2, 0) is 14.3 Å². The van der Waals surface area contributed by atoms with Gasteiger partial charge in [0.15, 0.2) is 0 Å². The minimum absolute atomic E-state index is 0.0329. The molecule has 0 bridgehead atoms. The Morgan fingerprint density at radius 3 is 2.86 bits per heavy atom. The SMILES string of the molecule is C/C(Cl)=C\CC[C@H](O)/C=C/[C@@H]1[C@H]2CC(=O)O[C@H]2C[C@H]1OC(=O)c1ccccc1. The van der Waals surface area contributed by atoms with Crippen LogP contribution in [0.1, 0.15) is 43.0 Å². The second-order valence-electron chi connectivity index (χ2n) is 7.34. The molecule has 2 fully saturated rings. The van der Waals surface area contributed by atoms with Gasteiger partial charge in [0.2, 0.25) is 0 Å². The van der Waals surface area contributed by atoms with Gasteiger partial charge in [-0.15, -0.1) is 0 Å². The first-order chi connectivity index (χ1) is 13.4. The minimum atomic E-state index is -0.630. The molecule has 1 N–H and O–H groups in total. The van der Waals surface area contributed by atoms with E-state index in [-0.39, 0.29) is 30.0 Å². The van der Waals surface area contributed by atoms with Crippen molar-refractivity contribution in [1.29, 1.82) is 0 Å². The summed E-state index contributed by atoms with van der Waals surface area (Å²) in [6, 6.07) is 8.82. The molecule has 1 saturated carbocycles. The molecule has 2 aliphatic rings. The number of aliphatic hydroxyl groups excluding tert-OH is 1. The van der Waals surface area contributed by atoms with Gasteiger partial charge in [0, 0.05) is 23.3 Å². The van der Waals surface area contributed by atoms with Crippen LogP contribution in [0.3, 0.4) is 0 Å². The Bertz CT molecular complexity index is 753. The molecule has 1 aromatic carbocycles. The summed E-state index contributed by atoms with van der Waals surface area (Å²) in [5, 5.41) is 10.9. The van der Waals surface area contributed by atoms with E-state index in [1.54, 1.807) is 37.3 Å². The summed E-state index contributed by atoms with van der Waals surface area (Å²) < 4.78 is 11.1. The number of halogens is 1. The second-order valence-corrected chi connectivity index (χ2v) is 7.94. The predicted molar refractivity (Wildman–Crippen MR) is 106 cm³/mol. The van der Waals surface area contributed by atoms with E-state index in [0.717, 1.165) is 0 Å². The van der Waals surface area contributed by atoms with E-state index in [4.69, 9.17) is 21.1 Å². The molecule has 5 atom stereocenters. The van der Waals surface area contributed by atoms with Gasteiger partial charge in [-0.25, -0.2) is 4.79 Å². The molecule has 0 aromatic heterocycles. The zero-order valence-electron chi connectivity index (χ0n) is 15.8. The van der Waals surface area contributed by atoms with Crippen molar-refractivity contribution >= 4 is 23.5 Å². The summed E-state index contributed by atoms with van der Waals surface area (Å²) in [4.78, 5) is 24.1. The number of ether oxygens (including phenoxy) is 2. The third kappa shape index (κ3) is 5.24. The van der Waals surface area contributed by atoms with Crippen LogP contribution in [0.2, 0.25) is 0 Å². The molecule has 1 aliphatic carbocycles. The van der Waals surface area contributed by atoms with Crippen LogP contribution >= 0.6 is 11.6 Å². The number of hydrogen-bond acceptors (Lipinski definition) is 5. The quantitative estimate of drug-likeness (QED) is 0.549. The van der Waals surface area contributed by atoms with E-state index in [1.807, 2.05) is 18.2 Å². The van der Waals surface area contributed by atoms with Gasteiger partial charge in [-0.05, 0) is 31.9 Å². The van der Waals surface area contributed by atoms with Crippen LogP contribution in [0.4, 0.5) is 0 Å². The molecule has 0 amide bonds. The van der Waals surface area contributed by atoms with Crippen molar-refractivity contribution in [2.45, 2.75) is 50.9 Å². The zero-order chi connectivity index (χ0) is 20.1. The summed E-state index contributed by atoms with van der Waals surface area (Å²) >= 11 is 5.80. The normalized spacial score (nSPS) is 28.2. The summed E-state index contributed by atoms with van der Waals surface area (Å²) in [5.41, 5.74) is 0.488. The lowest BCUT2D eigenvalue weighted by atomic mass is 9.91. The Labute approximate surface area is 170 Å². The van der Waals surface area contributed by atoms with Gasteiger partial charge in [0.25, 0.3) is 0 Å². The Morgan fingerprint density at radius 2 is 2.14 bits per heavy atom. The van der Waals surface area contributed by atoms with Crippen molar-refractivity contribution in [2.24, 2.45) is 11.8 Å². The average molecular weight is 405 g/mol. The van der Waals surface area contributed by atoms with Gasteiger partial charge in [-0.3, -0.25) is 4.79 Å². The smallest absolute Gasteiger partial charge is 0.338 e. The fourth-order valence-corrected chi connectivity index (χ4v) is 3.98. The van der Waals surface area contributed by atoms with Crippen LogP contribution in [0.15, 0.2) is 53.6 Å². The highest BCUT2D eigenvalue weighted by molar-refractivity contribution is 6.29. The maximum Gasteiger partial charge on any atom is 0.338 e. The van der Waals surface area contributed by atoms with E-state index < -0.39 is 12.1 Å². The Kier molecular flexibility index (Phi) is 6.92. The highest BCUT2D eigenvalue weighted by Crippen LogP contribution is 2.43. The van der Waals surface area contributed by atoms with E-state index in [2.05, 4.69) is 0 Å². The molecule has 1 aromatic rings. The molecular weight excluding hydrogens is 380 g/mol. The number of carbonyl (C=O) groups is 2. The van der Waals surface area contributed by atoms with E-state index in [9.17, 15) is 14.7 Å². The molecule has 5 nitrogen and oxygen atoms in total. The first-order valence-corrected chi connectivity index (χ1v) is 9.96. The number of rotatable bonds is 7. The summed E-state index contributed by atoms with van der Waals surface area (Å²) in [5.74, 6) is -0.804. The molecule has 0 unspecified atom stereocenters. The van der Waals surface area contributed by atoms with Crippen molar-refractivity contribution in [3.8, 4) is 0 Å². The lowest BCUT2D eigenvalue weighted by Crippen LogP contribution is -2.25. The van der Waals surface area contributed by atoms with Crippen LogP contribution in [0.5, 0.6) is 0 Å². The molecule has 1 saturated heterocycles. The first kappa shape index (κ1) is 20.6. The number of benzene rings is 1. The molecule has 150 valence electrons. The molecule has 1 aliphatic heterocycles. The topological polar surface area (TPSA) is 72.8 Å². The lowest BCUT2D eigenvalue weighted by molar-refractivity contribution is -0.141. The van der Waals surface area contributed by atoms with Crippen molar-refractivity contribution in [2.75, 3.05) is 0 Å². The standard InChI is InChI=1S/C22H25ClO5/c1-14(23)6-5-9-16(24)10-11-17-18-12-21(25)27-20(18)13-19(17)28-22(26)15-7-3-2-4-8-15/h2-4,6-8,10-11,16-20,24H,5,9,12-13H2,1H3/b11-10+,14-6+/t16-,17+,18+,19+,20-/m0/s1. The van der Waals surface area contributed by atoms with Crippen molar-refractivity contribution in [3.05, 3.63) is 59.2 Å². The highest BCUT2D eigenvalue weighted by Gasteiger charge is 2.50. The van der Waals surface area contributed by atoms with Gasteiger partial charge < -0.3 is 14.6 Å². The van der Waals surface area contributed by atoms with Crippen molar-refractivity contribution in [3.63, 3.8) is 0 Å². The Morgan fingerprint density at radius 1 is 1.39 bits per heavy atom. The number of hydrogen-bond donors (Lipinski definition) is 1. The van der Waals surface area contributed by atoms with Crippen LogP contribution in [0, 0.1) is 11.8 Å². The van der Waals surface area contributed by atoms with Gasteiger partial charge in [-0.1, -0.05) is 48.0 Å². The van der Waals surface area contributed by atoms with Gasteiger partial charge in [-0.2, -0.15) is 0 Å². The van der Waals surface area contributed by atoms with Gasteiger partial charge >= 0.3 is 11.9 Å². The molecular formula is C22H25ClO5. The molecule has 6 heteroatoms. The molecule has 28 heavy (non-hydrogen) atoms. The highest BCUT2D eigenvalue weighted by atomic mass is 35.5. The number of aliphatic hydroxyl groups is 1. The minimum Gasteiger partial charge on any atom is -0.462 e. The fourth-order valence-electron chi connectivity index (χ4n) is 3.88. The van der Waals surface area contributed by atoms with E-state index in [0.29, 0.717) is 36.3 Å². The van der Waals surface area contributed by atoms with Gasteiger partial charge in [0.05, 0.1) is 18.1 Å². The average Bonchev–Trinajstić information content (AvgIpc) is 3.16. The number of carbonyl (C=O) groups excluding carboxylic acids is 2. The largest absolute Gasteiger partial charge is 0.462 e. The molecule has 3 rings (SSSR count). The Balaban J connectivity index is 1.67. The predicted octanol–water partition coefficient (Wildman–Crippen LogP) is 4.00. The number of allylic oxidation sites excluding steroid dienone is 2. The summed E-state index contributed by atoms with van der Waals surface area (Å²) in [7, 11) is 0. The summed E-state index contributed by atoms with van der Waals surface area (Å²) in [6.07, 6.45) is 6.20. The van der Waals surface area contributed by atoms with Crippen molar-refractivity contribution < 1.29 is 24.2 Å². The van der Waals surface area contributed by atoms with Gasteiger partial charge in [0.1, 0.15) is 12.2 Å². The Hall–Kier alpha value is -2.11. The van der Waals surface area contributed by atoms with Crippen LogP contribution in [0.25, 0.3) is 0 Å². The van der Waals surface area contributed by atoms with Crippen LogP contribution < -0.4 is 0 Å². The molecule has 0 spiro atoms. The molecule has 0 radical (unpaired) electrons. The zero-order valence-corrected chi connectivity index (χ0v) is 16.5. The van der Waals surface area contributed by atoms with Crippen LogP contribution in [-0.4, -0.2) is 35.4 Å². The van der Waals surface area contributed by atoms with E-state index in [1.165, 1.54) is 0 Å². The number of fused-ring (bicyclic) bond motifs is 1. The lowest BCUT2D eigenvalue weighted by Gasteiger charge is -2.20. The second kappa shape index (κ2) is 9.39. The van der Waals surface area contributed by atoms with Crippen molar-refractivity contribution in [1.82, 2.24) is 0 Å². The monoisotopic (exact) mass is 404 g/mol. The molecule has 1 heterocycles. The maximum atomic E-state index is 12.5. The summed E-state index contributed by atoms with van der Waals surface area (Å²) in [6.45, 7) is 1.80. The first-order valence-electron chi connectivity index (χ1n) is 9.58. The van der Waals surface area contributed by atoms with E-state index >= 15 is 0 Å². The fraction of sp³-hybridized carbons (Fsp3) is 0.455. The third-order valence-corrected chi connectivity index (χ3v) is 5.42. The maximum absolute atomic E-state index is 12.5. The number of esters is 2.